The van der Waals surface area contributed by atoms with E-state index in [4.69, 9.17) is 9.84 Å². The number of fused-ring (bicyclic) bond motifs is 1. The normalized spacial score (nSPS) is 14.1. The maximum Gasteiger partial charge on any atom is 0.416 e. The Balaban J connectivity index is 1.77. The van der Waals surface area contributed by atoms with E-state index >= 15 is 0 Å². The Morgan fingerprint density at radius 3 is 2.72 bits per heavy atom. The Bertz CT molecular complexity index is 1010. The van der Waals surface area contributed by atoms with Crippen LogP contribution in [0.3, 0.4) is 0 Å². The number of nitrogens with zero attached hydrogens (tertiary/aromatic N) is 2. The van der Waals surface area contributed by atoms with Gasteiger partial charge in [-0.1, -0.05) is 18.2 Å². The molecule has 0 bridgehead atoms. The number of hydrogen-bond acceptors (Lipinski definition) is 3. The molecule has 2 aromatic carbocycles. The minimum Gasteiger partial charge on any atom is -0.497 e. The highest BCUT2D eigenvalue weighted by Gasteiger charge is 2.31. The van der Waals surface area contributed by atoms with Gasteiger partial charge in [-0.25, -0.2) is 4.68 Å². The molecule has 1 aliphatic rings. The van der Waals surface area contributed by atoms with Crippen LogP contribution in [-0.2, 0) is 19.0 Å². The number of nitrogens with one attached hydrogen (secondary N) is 1. The van der Waals surface area contributed by atoms with Gasteiger partial charge in [-0.2, -0.15) is 18.3 Å². The van der Waals surface area contributed by atoms with E-state index in [9.17, 15) is 13.2 Å². The molecule has 0 saturated carbocycles. The number of alkyl halides is 3. The van der Waals surface area contributed by atoms with E-state index < -0.39 is 11.7 Å². The van der Waals surface area contributed by atoms with Crippen LogP contribution in [0.2, 0.25) is 0 Å². The Labute approximate surface area is 167 Å². The van der Waals surface area contributed by atoms with Crippen LogP contribution in [0, 0.1) is 0 Å². The van der Waals surface area contributed by atoms with Crippen molar-refractivity contribution in [3.05, 3.63) is 70.9 Å². The fraction of sp³-hybridized carbons (Fsp3) is 0.318. The van der Waals surface area contributed by atoms with Gasteiger partial charge in [0.25, 0.3) is 0 Å². The maximum atomic E-state index is 13.2. The highest BCUT2D eigenvalue weighted by atomic mass is 19.4. The average Bonchev–Trinajstić information content (AvgIpc) is 2.88. The number of halogens is 3. The predicted molar refractivity (Wildman–Crippen MR) is 106 cm³/mol. The molecule has 0 fully saturated rings. The lowest BCUT2D eigenvalue weighted by Gasteiger charge is -2.12. The van der Waals surface area contributed by atoms with Crippen molar-refractivity contribution in [2.45, 2.75) is 31.9 Å². The molecule has 3 aromatic rings. The van der Waals surface area contributed by atoms with E-state index in [0.717, 1.165) is 66.3 Å². The van der Waals surface area contributed by atoms with E-state index in [1.807, 2.05) is 24.3 Å². The molecule has 7 heteroatoms. The number of rotatable bonds is 4. The van der Waals surface area contributed by atoms with Crippen molar-refractivity contribution < 1.29 is 17.9 Å². The third-order valence-corrected chi connectivity index (χ3v) is 5.14. The summed E-state index contributed by atoms with van der Waals surface area (Å²) < 4.78 is 46.5. The second-order valence-electron chi connectivity index (χ2n) is 7.15. The van der Waals surface area contributed by atoms with Crippen molar-refractivity contribution in [2.75, 3.05) is 19.0 Å². The minimum absolute atomic E-state index is 0.405. The smallest absolute Gasteiger partial charge is 0.416 e. The number of methoxy groups -OCH3 is 1. The maximum absolute atomic E-state index is 13.2. The average molecular weight is 401 g/mol. The Hall–Kier alpha value is -2.96. The lowest BCUT2D eigenvalue weighted by atomic mass is 10.0. The molecule has 1 aliphatic heterocycles. The summed E-state index contributed by atoms with van der Waals surface area (Å²) in [4.78, 5) is 0. The summed E-state index contributed by atoms with van der Waals surface area (Å²) in [6.07, 6.45) is -0.931. The monoisotopic (exact) mass is 401 g/mol. The van der Waals surface area contributed by atoms with Crippen LogP contribution in [0.5, 0.6) is 5.75 Å². The van der Waals surface area contributed by atoms with Crippen LogP contribution in [0.25, 0.3) is 5.69 Å². The second kappa shape index (κ2) is 7.81. The fourth-order valence-corrected chi connectivity index (χ4v) is 3.69. The molecule has 0 unspecified atom stereocenters. The quantitative estimate of drug-likeness (QED) is 0.650. The van der Waals surface area contributed by atoms with Crippen molar-refractivity contribution in [2.24, 2.45) is 0 Å². The lowest BCUT2D eigenvalue weighted by molar-refractivity contribution is -0.137. The third-order valence-electron chi connectivity index (χ3n) is 5.14. The summed E-state index contributed by atoms with van der Waals surface area (Å²) in [5.74, 6) is 1.56. The molecule has 0 saturated heterocycles. The van der Waals surface area contributed by atoms with Gasteiger partial charge in [0.1, 0.15) is 11.6 Å². The molecule has 2 heterocycles. The molecule has 4 nitrogen and oxygen atoms in total. The van der Waals surface area contributed by atoms with Crippen LogP contribution in [-0.4, -0.2) is 23.4 Å². The predicted octanol–water partition coefficient (Wildman–Crippen LogP) is 5.24. The number of anilines is 1. The zero-order chi connectivity index (χ0) is 20.4. The molecule has 0 atom stereocenters. The molecule has 0 spiro atoms. The Kier molecular flexibility index (Phi) is 5.22. The van der Waals surface area contributed by atoms with Crippen molar-refractivity contribution in [1.29, 1.82) is 0 Å². The van der Waals surface area contributed by atoms with Gasteiger partial charge in [0, 0.05) is 18.5 Å². The van der Waals surface area contributed by atoms with Crippen molar-refractivity contribution in [3.63, 3.8) is 0 Å². The van der Waals surface area contributed by atoms with Crippen LogP contribution >= 0.6 is 0 Å². The summed E-state index contributed by atoms with van der Waals surface area (Å²) in [6, 6.07) is 13.1. The molecule has 0 radical (unpaired) electrons. The summed E-state index contributed by atoms with van der Waals surface area (Å²) >= 11 is 0. The van der Waals surface area contributed by atoms with Crippen molar-refractivity contribution in [1.82, 2.24) is 9.78 Å². The van der Waals surface area contributed by atoms with Crippen molar-refractivity contribution >= 4 is 5.82 Å². The van der Waals surface area contributed by atoms with Gasteiger partial charge < -0.3 is 10.1 Å². The van der Waals surface area contributed by atoms with E-state index in [1.54, 1.807) is 17.9 Å². The first-order valence-corrected chi connectivity index (χ1v) is 9.61. The highest BCUT2D eigenvalue weighted by Crippen LogP contribution is 2.33. The molecule has 152 valence electrons. The number of hydrogen-bond donors (Lipinski definition) is 1. The standard InChI is InChI=1S/C22H22F3N3O/c1-29-18-9-4-6-15(12-18)13-20-19-10-2-3-11-26-21(19)28(27-20)17-8-5-7-16(14-17)22(23,24)25/h4-9,12,14,26H,2-3,10-11,13H2,1H3. The van der Waals surface area contributed by atoms with E-state index in [1.165, 1.54) is 6.07 Å². The third kappa shape index (κ3) is 4.09. The highest BCUT2D eigenvalue weighted by molar-refractivity contribution is 5.55. The fourth-order valence-electron chi connectivity index (χ4n) is 3.69. The van der Waals surface area contributed by atoms with Gasteiger partial charge in [-0.3, -0.25) is 0 Å². The van der Waals surface area contributed by atoms with Crippen LogP contribution in [0.15, 0.2) is 48.5 Å². The first-order chi connectivity index (χ1) is 14.0. The topological polar surface area (TPSA) is 39.1 Å². The first kappa shape index (κ1) is 19.4. The molecule has 29 heavy (non-hydrogen) atoms. The van der Waals surface area contributed by atoms with Gasteiger partial charge in [0.15, 0.2) is 0 Å². The number of benzene rings is 2. The zero-order valence-corrected chi connectivity index (χ0v) is 16.1. The van der Waals surface area contributed by atoms with Crippen LogP contribution in [0.1, 0.15) is 35.2 Å². The number of ether oxygens (including phenoxy) is 1. The van der Waals surface area contributed by atoms with Gasteiger partial charge in [-0.05, 0) is 55.2 Å². The van der Waals surface area contributed by atoms with E-state index in [-0.39, 0.29) is 0 Å². The molecule has 0 aliphatic carbocycles. The van der Waals surface area contributed by atoms with Crippen LogP contribution < -0.4 is 10.1 Å². The molecule has 1 N–H and O–H groups in total. The molecular formula is C22H22F3N3O. The SMILES string of the molecule is COc1cccc(Cc2nn(-c3cccc(C(F)(F)F)c3)c3c2CCCCN3)c1. The number of aromatic nitrogens is 2. The summed E-state index contributed by atoms with van der Waals surface area (Å²) in [7, 11) is 1.62. The van der Waals surface area contributed by atoms with Gasteiger partial charge in [0.2, 0.25) is 0 Å². The Morgan fingerprint density at radius 1 is 1.10 bits per heavy atom. The summed E-state index contributed by atoms with van der Waals surface area (Å²) in [6.45, 7) is 0.774. The van der Waals surface area contributed by atoms with E-state index in [0.29, 0.717) is 12.1 Å². The molecule has 1 aromatic heterocycles. The van der Waals surface area contributed by atoms with Gasteiger partial charge >= 0.3 is 6.18 Å². The van der Waals surface area contributed by atoms with Crippen LogP contribution in [0.4, 0.5) is 19.0 Å². The molecule has 0 amide bonds. The Morgan fingerprint density at radius 2 is 1.93 bits per heavy atom. The van der Waals surface area contributed by atoms with Gasteiger partial charge in [0.05, 0.1) is 24.1 Å². The minimum atomic E-state index is -4.39. The summed E-state index contributed by atoms with van der Waals surface area (Å²) in [5.41, 5.74) is 2.72. The van der Waals surface area contributed by atoms with Crippen molar-refractivity contribution in [3.8, 4) is 11.4 Å². The first-order valence-electron chi connectivity index (χ1n) is 9.61. The van der Waals surface area contributed by atoms with Gasteiger partial charge in [-0.15, -0.1) is 0 Å². The van der Waals surface area contributed by atoms with E-state index in [2.05, 4.69) is 5.32 Å². The lowest BCUT2D eigenvalue weighted by Crippen LogP contribution is -2.09. The zero-order valence-electron chi connectivity index (χ0n) is 16.1. The second-order valence-corrected chi connectivity index (χ2v) is 7.15. The molecular weight excluding hydrogens is 379 g/mol. The largest absolute Gasteiger partial charge is 0.497 e. The summed E-state index contributed by atoms with van der Waals surface area (Å²) in [5, 5.41) is 8.10. The molecule has 4 rings (SSSR count).